The van der Waals surface area contributed by atoms with E-state index in [1.807, 2.05) is 26.8 Å². The molecule has 0 saturated carbocycles. The highest BCUT2D eigenvalue weighted by molar-refractivity contribution is 7.12. The molecule has 0 fully saturated rings. The van der Waals surface area contributed by atoms with E-state index in [9.17, 15) is 9.90 Å². The Morgan fingerprint density at radius 1 is 1.50 bits per heavy atom. The van der Waals surface area contributed by atoms with E-state index in [2.05, 4.69) is 5.32 Å². The average Bonchev–Trinajstić information content (AvgIpc) is 2.98. The van der Waals surface area contributed by atoms with Gasteiger partial charge in [0.1, 0.15) is 11.9 Å². The largest absolute Gasteiger partial charge is 0.467 e. The Kier molecular flexibility index (Phi) is 4.62. The first-order valence-corrected chi connectivity index (χ1v) is 7.38. The predicted octanol–water partition coefficient (Wildman–Crippen LogP) is 3.20. The Labute approximate surface area is 122 Å². The van der Waals surface area contributed by atoms with Crippen LogP contribution >= 0.6 is 11.3 Å². The van der Waals surface area contributed by atoms with Crippen LogP contribution in [-0.2, 0) is 0 Å². The van der Waals surface area contributed by atoms with Crippen molar-refractivity contribution in [2.75, 3.05) is 0 Å². The van der Waals surface area contributed by atoms with Gasteiger partial charge in [-0.2, -0.15) is 0 Å². The van der Waals surface area contributed by atoms with Crippen LogP contribution in [0.4, 0.5) is 0 Å². The molecule has 20 heavy (non-hydrogen) atoms. The second kappa shape index (κ2) is 6.24. The lowest BCUT2D eigenvalue weighted by Gasteiger charge is -2.16. The summed E-state index contributed by atoms with van der Waals surface area (Å²) in [6, 6.07) is 5.22. The average molecular weight is 293 g/mol. The Balaban J connectivity index is 1.93. The summed E-state index contributed by atoms with van der Waals surface area (Å²) in [5.41, 5.74) is 0.715. The lowest BCUT2D eigenvalue weighted by molar-refractivity contribution is 0.0903. The number of thiophene rings is 1. The molecule has 2 atom stereocenters. The van der Waals surface area contributed by atoms with Gasteiger partial charge >= 0.3 is 0 Å². The third kappa shape index (κ3) is 3.49. The fraction of sp³-hybridized carbons (Fsp3) is 0.400. The smallest absolute Gasteiger partial charge is 0.252 e. The quantitative estimate of drug-likeness (QED) is 0.890. The maximum Gasteiger partial charge on any atom is 0.252 e. The molecule has 0 aliphatic heterocycles. The van der Waals surface area contributed by atoms with E-state index < -0.39 is 6.10 Å². The Hall–Kier alpha value is -1.59. The zero-order valence-electron chi connectivity index (χ0n) is 11.8. The van der Waals surface area contributed by atoms with Crippen molar-refractivity contribution < 1.29 is 14.3 Å². The number of carbonyl (C=O) groups is 1. The summed E-state index contributed by atoms with van der Waals surface area (Å²) in [5.74, 6) is 0.430. The van der Waals surface area contributed by atoms with Crippen molar-refractivity contribution in [3.8, 4) is 0 Å². The van der Waals surface area contributed by atoms with E-state index in [1.54, 1.807) is 23.5 Å². The van der Waals surface area contributed by atoms with Gasteiger partial charge in [0.2, 0.25) is 0 Å². The molecule has 0 aliphatic rings. The van der Waals surface area contributed by atoms with Crippen molar-refractivity contribution in [3.63, 3.8) is 0 Å². The third-order valence-corrected chi connectivity index (χ3v) is 4.08. The first-order valence-electron chi connectivity index (χ1n) is 6.56. The van der Waals surface area contributed by atoms with E-state index >= 15 is 0 Å². The summed E-state index contributed by atoms with van der Waals surface area (Å²) >= 11 is 1.61. The summed E-state index contributed by atoms with van der Waals surface area (Å²) in [6.07, 6.45) is 1.24. The van der Waals surface area contributed by atoms with Crippen LogP contribution in [0, 0.1) is 13.8 Å². The van der Waals surface area contributed by atoms with Gasteiger partial charge in [-0.3, -0.25) is 4.79 Å². The zero-order valence-corrected chi connectivity index (χ0v) is 12.7. The van der Waals surface area contributed by atoms with Crippen LogP contribution in [-0.4, -0.2) is 17.1 Å². The lowest BCUT2D eigenvalue weighted by Crippen LogP contribution is -2.33. The summed E-state index contributed by atoms with van der Waals surface area (Å²) < 4.78 is 5.15. The molecule has 0 radical (unpaired) electrons. The molecule has 0 spiro atoms. The first-order chi connectivity index (χ1) is 9.47. The van der Waals surface area contributed by atoms with Crippen LogP contribution in [0.3, 0.4) is 0 Å². The molecule has 0 aliphatic carbocycles. The molecule has 1 amide bonds. The van der Waals surface area contributed by atoms with Gasteiger partial charge in [-0.05, 0) is 39.0 Å². The Morgan fingerprint density at radius 3 is 2.80 bits per heavy atom. The van der Waals surface area contributed by atoms with Crippen LogP contribution in [0.5, 0.6) is 0 Å². The lowest BCUT2D eigenvalue weighted by atomic mass is 10.1. The Morgan fingerprint density at radius 2 is 2.25 bits per heavy atom. The standard InChI is InChI=1S/C15H19NO3S/c1-9(7-13(17)14-5-4-6-19-14)16-15(18)12-8-10(2)20-11(12)3/h4-6,8-9,13,17H,7H2,1-3H3,(H,16,18). The molecule has 2 aromatic rings. The number of carbonyl (C=O) groups excluding carboxylic acids is 1. The van der Waals surface area contributed by atoms with Crippen LogP contribution in [0.25, 0.3) is 0 Å². The maximum absolute atomic E-state index is 12.1. The van der Waals surface area contributed by atoms with Crippen molar-refractivity contribution in [2.45, 2.75) is 39.3 Å². The van der Waals surface area contributed by atoms with Crippen molar-refractivity contribution in [1.82, 2.24) is 5.32 Å². The van der Waals surface area contributed by atoms with Crippen LogP contribution in [0.2, 0.25) is 0 Å². The van der Waals surface area contributed by atoms with Gasteiger partial charge in [0.25, 0.3) is 5.91 Å². The van der Waals surface area contributed by atoms with Crippen molar-refractivity contribution in [1.29, 1.82) is 0 Å². The van der Waals surface area contributed by atoms with E-state index in [4.69, 9.17) is 4.42 Å². The number of aliphatic hydroxyl groups excluding tert-OH is 1. The van der Waals surface area contributed by atoms with E-state index in [-0.39, 0.29) is 11.9 Å². The Bertz CT molecular complexity index is 574. The SMILES string of the molecule is Cc1cc(C(=O)NC(C)CC(O)c2ccco2)c(C)s1. The highest BCUT2D eigenvalue weighted by Crippen LogP contribution is 2.22. The molecule has 5 heteroatoms. The number of furan rings is 1. The van der Waals surface area contributed by atoms with Gasteiger partial charge in [-0.25, -0.2) is 0 Å². The topological polar surface area (TPSA) is 62.5 Å². The minimum Gasteiger partial charge on any atom is -0.467 e. The second-order valence-corrected chi connectivity index (χ2v) is 6.43. The number of hydrogen-bond donors (Lipinski definition) is 2. The molecule has 0 bridgehead atoms. The van der Waals surface area contributed by atoms with Gasteiger partial charge < -0.3 is 14.8 Å². The van der Waals surface area contributed by atoms with Crippen LogP contribution in [0.1, 0.15) is 45.3 Å². The third-order valence-electron chi connectivity index (χ3n) is 3.11. The molecule has 2 heterocycles. The zero-order chi connectivity index (χ0) is 14.7. The summed E-state index contributed by atoms with van der Waals surface area (Å²) in [5, 5.41) is 12.9. The fourth-order valence-corrected chi connectivity index (χ4v) is 3.07. The maximum atomic E-state index is 12.1. The molecule has 4 nitrogen and oxygen atoms in total. The van der Waals surface area contributed by atoms with Crippen molar-refractivity contribution >= 4 is 17.2 Å². The van der Waals surface area contributed by atoms with Gasteiger partial charge in [0.05, 0.1) is 11.8 Å². The van der Waals surface area contributed by atoms with Crippen molar-refractivity contribution in [3.05, 3.63) is 45.5 Å². The normalized spacial score (nSPS) is 14.0. The number of hydrogen-bond acceptors (Lipinski definition) is 4. The number of aliphatic hydroxyl groups is 1. The second-order valence-electron chi connectivity index (χ2n) is 4.97. The van der Waals surface area contributed by atoms with E-state index in [1.165, 1.54) is 6.26 Å². The number of rotatable bonds is 5. The van der Waals surface area contributed by atoms with Crippen LogP contribution in [0.15, 0.2) is 28.9 Å². The first kappa shape index (κ1) is 14.8. The van der Waals surface area contributed by atoms with Gasteiger partial charge in [-0.15, -0.1) is 11.3 Å². The van der Waals surface area contributed by atoms with Crippen molar-refractivity contribution in [2.24, 2.45) is 0 Å². The van der Waals surface area contributed by atoms with Gasteiger partial charge in [0, 0.05) is 22.2 Å². The van der Waals surface area contributed by atoms with E-state index in [0.717, 1.165) is 9.75 Å². The molecule has 2 unspecified atom stereocenters. The molecular formula is C15H19NO3S. The molecule has 2 N–H and O–H groups in total. The molecular weight excluding hydrogens is 274 g/mol. The van der Waals surface area contributed by atoms with Gasteiger partial charge in [-0.1, -0.05) is 0 Å². The summed E-state index contributed by atoms with van der Waals surface area (Å²) in [7, 11) is 0. The predicted molar refractivity (Wildman–Crippen MR) is 79.0 cm³/mol. The molecule has 2 rings (SSSR count). The monoisotopic (exact) mass is 293 g/mol. The van der Waals surface area contributed by atoms with E-state index in [0.29, 0.717) is 17.7 Å². The molecule has 0 saturated heterocycles. The minimum absolute atomic E-state index is 0.0917. The van der Waals surface area contributed by atoms with Gasteiger partial charge in [0.15, 0.2) is 0 Å². The molecule has 2 aromatic heterocycles. The number of nitrogens with one attached hydrogen (secondary N) is 1. The van der Waals surface area contributed by atoms with Crippen LogP contribution < -0.4 is 5.32 Å². The highest BCUT2D eigenvalue weighted by Gasteiger charge is 2.18. The number of aryl methyl sites for hydroxylation is 2. The minimum atomic E-state index is -0.703. The highest BCUT2D eigenvalue weighted by atomic mass is 32.1. The molecule has 108 valence electrons. The summed E-state index contributed by atoms with van der Waals surface area (Å²) in [4.78, 5) is 14.3. The molecule has 0 aromatic carbocycles. The summed E-state index contributed by atoms with van der Waals surface area (Å²) in [6.45, 7) is 5.80. The fourth-order valence-electron chi connectivity index (χ4n) is 2.15. The number of amides is 1.